The summed E-state index contributed by atoms with van der Waals surface area (Å²) in [5.41, 5.74) is 2.66. The number of benzene rings is 1. The second-order valence-electron chi connectivity index (χ2n) is 5.65. The molecule has 0 aliphatic carbocycles. The van der Waals surface area contributed by atoms with Crippen LogP contribution in [0.3, 0.4) is 0 Å². The maximum atomic E-state index is 6.08. The molecule has 19 heavy (non-hydrogen) atoms. The van der Waals surface area contributed by atoms with Gasteiger partial charge in [-0.1, -0.05) is 6.07 Å². The highest BCUT2D eigenvalue weighted by molar-refractivity contribution is 9.10. The highest BCUT2D eigenvalue weighted by Gasteiger charge is 2.40. The summed E-state index contributed by atoms with van der Waals surface area (Å²) in [5.74, 6) is 2.42. The third-order valence-corrected chi connectivity index (χ3v) is 5.96. The number of hydrogen-bond donors (Lipinski definition) is 1. The lowest BCUT2D eigenvalue weighted by molar-refractivity contribution is -0.0628. The van der Waals surface area contributed by atoms with E-state index in [1.807, 2.05) is 11.8 Å². The fourth-order valence-corrected chi connectivity index (χ4v) is 4.72. The van der Waals surface area contributed by atoms with Crippen molar-refractivity contribution in [2.24, 2.45) is 0 Å². The summed E-state index contributed by atoms with van der Waals surface area (Å²) in [5, 5.41) is 3.70. The molecule has 1 aromatic carbocycles. The van der Waals surface area contributed by atoms with Crippen LogP contribution >= 0.6 is 27.7 Å². The van der Waals surface area contributed by atoms with Crippen LogP contribution in [0.5, 0.6) is 0 Å². The molecule has 2 heterocycles. The van der Waals surface area contributed by atoms with Crippen molar-refractivity contribution in [3.8, 4) is 0 Å². The third-order valence-electron chi connectivity index (χ3n) is 4.04. The van der Waals surface area contributed by atoms with E-state index in [9.17, 15) is 0 Å². The van der Waals surface area contributed by atoms with Gasteiger partial charge in [0, 0.05) is 28.6 Å². The summed E-state index contributed by atoms with van der Waals surface area (Å²) in [6.07, 6.45) is 3.46. The van der Waals surface area contributed by atoms with Crippen LogP contribution in [0, 0.1) is 6.92 Å². The molecular formula is C15H20BrNOS. The molecule has 0 saturated carbocycles. The van der Waals surface area contributed by atoms with Gasteiger partial charge in [0.05, 0.1) is 5.60 Å². The van der Waals surface area contributed by atoms with Gasteiger partial charge in [-0.25, -0.2) is 0 Å². The van der Waals surface area contributed by atoms with Crippen molar-refractivity contribution >= 4 is 33.4 Å². The van der Waals surface area contributed by atoms with Crippen molar-refractivity contribution in [1.82, 2.24) is 0 Å². The van der Waals surface area contributed by atoms with Gasteiger partial charge in [0.15, 0.2) is 0 Å². The first-order chi connectivity index (χ1) is 9.17. The Hall–Kier alpha value is -0.190. The van der Waals surface area contributed by atoms with Crippen LogP contribution in [0.4, 0.5) is 5.69 Å². The number of aryl methyl sites for hydroxylation is 1. The first-order valence-electron chi connectivity index (χ1n) is 6.91. The number of rotatable bonds is 2. The Kier molecular flexibility index (Phi) is 4.11. The van der Waals surface area contributed by atoms with E-state index in [-0.39, 0.29) is 5.60 Å². The molecule has 3 rings (SSSR count). The van der Waals surface area contributed by atoms with E-state index in [2.05, 4.69) is 46.4 Å². The zero-order chi connectivity index (χ0) is 13.3. The van der Waals surface area contributed by atoms with E-state index in [0.29, 0.717) is 6.04 Å². The van der Waals surface area contributed by atoms with Crippen LogP contribution in [-0.2, 0) is 4.74 Å². The van der Waals surface area contributed by atoms with Crippen molar-refractivity contribution in [1.29, 1.82) is 0 Å². The van der Waals surface area contributed by atoms with E-state index in [1.165, 1.54) is 29.2 Å². The summed E-state index contributed by atoms with van der Waals surface area (Å²) in [4.78, 5) is 0. The molecule has 4 heteroatoms. The van der Waals surface area contributed by atoms with Crippen LogP contribution < -0.4 is 5.32 Å². The van der Waals surface area contributed by atoms with E-state index in [0.717, 1.165) is 23.9 Å². The SMILES string of the molecule is Cc1ccc(Br)c(NC2CCOC3(CCSC3)C2)c1. The zero-order valence-electron chi connectivity index (χ0n) is 11.2. The summed E-state index contributed by atoms with van der Waals surface area (Å²) >= 11 is 5.67. The molecule has 0 bridgehead atoms. The lowest BCUT2D eigenvalue weighted by Crippen LogP contribution is -2.44. The number of thioether (sulfide) groups is 1. The van der Waals surface area contributed by atoms with Crippen LogP contribution in [-0.4, -0.2) is 29.8 Å². The van der Waals surface area contributed by atoms with Crippen LogP contribution in [0.1, 0.15) is 24.8 Å². The summed E-state index contributed by atoms with van der Waals surface area (Å²) in [6, 6.07) is 7.01. The molecule has 2 atom stereocenters. The molecule has 0 amide bonds. The lowest BCUT2D eigenvalue weighted by Gasteiger charge is -2.38. The monoisotopic (exact) mass is 341 g/mol. The number of hydrogen-bond acceptors (Lipinski definition) is 3. The molecule has 1 spiro atoms. The second kappa shape index (κ2) is 5.66. The molecule has 104 valence electrons. The van der Waals surface area contributed by atoms with Crippen molar-refractivity contribution in [3.63, 3.8) is 0 Å². The lowest BCUT2D eigenvalue weighted by atomic mass is 9.89. The van der Waals surface area contributed by atoms with Gasteiger partial charge in [-0.05, 0) is 65.6 Å². The average molecular weight is 342 g/mol. The van der Waals surface area contributed by atoms with Gasteiger partial charge >= 0.3 is 0 Å². The van der Waals surface area contributed by atoms with Crippen molar-refractivity contribution in [3.05, 3.63) is 28.2 Å². The van der Waals surface area contributed by atoms with Crippen molar-refractivity contribution in [2.45, 2.75) is 37.8 Å². The maximum Gasteiger partial charge on any atom is 0.0799 e. The first-order valence-corrected chi connectivity index (χ1v) is 8.86. The molecular weight excluding hydrogens is 322 g/mol. The van der Waals surface area contributed by atoms with Gasteiger partial charge in [0.2, 0.25) is 0 Å². The Bertz CT molecular complexity index is 459. The fraction of sp³-hybridized carbons (Fsp3) is 0.600. The molecule has 2 saturated heterocycles. The van der Waals surface area contributed by atoms with Crippen LogP contribution in [0.25, 0.3) is 0 Å². The van der Waals surface area contributed by atoms with Crippen LogP contribution in [0.2, 0.25) is 0 Å². The molecule has 1 aromatic rings. The molecule has 2 aliphatic rings. The highest BCUT2D eigenvalue weighted by Crippen LogP contribution is 2.39. The minimum absolute atomic E-state index is 0.150. The predicted octanol–water partition coefficient (Wildman–Crippen LogP) is 4.22. The molecule has 2 unspecified atom stereocenters. The Morgan fingerprint density at radius 2 is 2.37 bits per heavy atom. The van der Waals surface area contributed by atoms with Crippen molar-refractivity contribution in [2.75, 3.05) is 23.4 Å². The zero-order valence-corrected chi connectivity index (χ0v) is 13.6. The number of ether oxygens (including phenoxy) is 1. The summed E-state index contributed by atoms with van der Waals surface area (Å²) in [7, 11) is 0. The normalized spacial score (nSPS) is 30.7. The van der Waals surface area contributed by atoms with Gasteiger partial charge < -0.3 is 10.1 Å². The Morgan fingerprint density at radius 3 is 3.16 bits per heavy atom. The van der Waals surface area contributed by atoms with Gasteiger partial charge in [0.1, 0.15) is 0 Å². The van der Waals surface area contributed by atoms with Gasteiger partial charge in [-0.2, -0.15) is 11.8 Å². The molecule has 2 aliphatic heterocycles. The van der Waals surface area contributed by atoms with Gasteiger partial charge in [-0.15, -0.1) is 0 Å². The quantitative estimate of drug-likeness (QED) is 0.869. The minimum atomic E-state index is 0.150. The van der Waals surface area contributed by atoms with Gasteiger partial charge in [0.25, 0.3) is 0 Å². The topological polar surface area (TPSA) is 21.3 Å². The second-order valence-corrected chi connectivity index (χ2v) is 7.61. The summed E-state index contributed by atoms with van der Waals surface area (Å²) < 4.78 is 7.23. The molecule has 2 nitrogen and oxygen atoms in total. The molecule has 0 aromatic heterocycles. The maximum absolute atomic E-state index is 6.08. The first kappa shape index (κ1) is 13.8. The molecule has 2 fully saturated rings. The molecule has 0 radical (unpaired) electrons. The van der Waals surface area contributed by atoms with E-state index in [1.54, 1.807) is 0 Å². The van der Waals surface area contributed by atoms with Crippen LogP contribution in [0.15, 0.2) is 22.7 Å². The molecule has 1 N–H and O–H groups in total. The predicted molar refractivity (Wildman–Crippen MR) is 86.1 cm³/mol. The Labute approximate surface area is 127 Å². The summed E-state index contributed by atoms with van der Waals surface area (Å²) in [6.45, 7) is 3.03. The number of anilines is 1. The Morgan fingerprint density at radius 1 is 1.47 bits per heavy atom. The van der Waals surface area contributed by atoms with E-state index < -0.39 is 0 Å². The van der Waals surface area contributed by atoms with Gasteiger partial charge in [-0.3, -0.25) is 0 Å². The smallest absolute Gasteiger partial charge is 0.0799 e. The highest BCUT2D eigenvalue weighted by atomic mass is 79.9. The van der Waals surface area contributed by atoms with Crippen molar-refractivity contribution < 1.29 is 4.74 Å². The number of halogens is 1. The minimum Gasteiger partial charge on any atom is -0.381 e. The fourth-order valence-electron chi connectivity index (χ4n) is 2.98. The average Bonchev–Trinajstić information content (AvgIpc) is 2.82. The van der Waals surface area contributed by atoms with E-state index >= 15 is 0 Å². The standard InChI is InChI=1S/C15H20BrNOS/c1-11-2-3-13(16)14(8-11)17-12-4-6-18-15(9-12)5-7-19-10-15/h2-3,8,12,17H,4-7,9-10H2,1H3. The van der Waals surface area contributed by atoms with E-state index in [4.69, 9.17) is 4.74 Å². The largest absolute Gasteiger partial charge is 0.381 e. The third kappa shape index (κ3) is 3.11. The number of nitrogens with one attached hydrogen (secondary N) is 1. The Balaban J connectivity index is 1.70.